The van der Waals surface area contributed by atoms with Gasteiger partial charge in [0, 0.05) is 36.4 Å². The van der Waals surface area contributed by atoms with Gasteiger partial charge in [-0.15, -0.1) is 0 Å². The molecule has 0 spiro atoms. The summed E-state index contributed by atoms with van der Waals surface area (Å²) in [5.74, 6) is 0. The summed E-state index contributed by atoms with van der Waals surface area (Å²) >= 11 is 0. The highest BCUT2D eigenvalue weighted by Gasteiger charge is 2.17. The first-order chi connectivity index (χ1) is 12.7. The van der Waals surface area contributed by atoms with Gasteiger partial charge in [-0.1, -0.05) is 18.2 Å². The summed E-state index contributed by atoms with van der Waals surface area (Å²) < 4.78 is 7.06. The second-order valence-corrected chi connectivity index (χ2v) is 6.06. The summed E-state index contributed by atoms with van der Waals surface area (Å²) in [5, 5.41) is 16.9. The van der Waals surface area contributed by atoms with Crippen molar-refractivity contribution >= 4 is 34.6 Å². The molecule has 0 atom stereocenters. The van der Waals surface area contributed by atoms with Crippen LogP contribution in [-0.2, 0) is 4.74 Å². The minimum atomic E-state index is -0.342. The Morgan fingerprint density at radius 1 is 1.15 bits per heavy atom. The van der Waals surface area contributed by atoms with E-state index in [0.29, 0.717) is 18.8 Å². The lowest BCUT2D eigenvalue weighted by Crippen LogP contribution is -2.36. The fourth-order valence-electron chi connectivity index (χ4n) is 3.11. The Kier molecular flexibility index (Phi) is 4.37. The summed E-state index contributed by atoms with van der Waals surface area (Å²) in [5.41, 5.74) is 2.44. The number of rotatable bonds is 4. The van der Waals surface area contributed by atoms with Crippen molar-refractivity contribution in [2.24, 2.45) is 0 Å². The quantitative estimate of drug-likeness (QED) is 0.532. The standard InChI is InChI=1S/C19H18N4O3/c24-23(25)19-13-17(21-9-11-26-12-10-21)6-5-15(19)7-8-22-18-4-2-1-3-16(18)14-20-22/h1-8,13-14H,9-12H2. The van der Waals surface area contributed by atoms with E-state index in [1.54, 1.807) is 35.3 Å². The number of nitro benzene ring substituents is 1. The molecular formula is C19H18N4O3. The molecule has 0 amide bonds. The largest absolute Gasteiger partial charge is 0.378 e. The van der Waals surface area contributed by atoms with Crippen molar-refractivity contribution < 1.29 is 9.66 Å². The first-order valence-corrected chi connectivity index (χ1v) is 8.44. The van der Waals surface area contributed by atoms with Gasteiger partial charge in [-0.2, -0.15) is 5.10 Å². The summed E-state index contributed by atoms with van der Waals surface area (Å²) in [7, 11) is 0. The van der Waals surface area contributed by atoms with Crippen molar-refractivity contribution in [3.05, 3.63) is 64.3 Å². The molecular weight excluding hydrogens is 332 g/mol. The van der Waals surface area contributed by atoms with Crippen LogP contribution in [0, 0.1) is 10.1 Å². The third kappa shape index (κ3) is 3.16. The number of anilines is 1. The minimum absolute atomic E-state index is 0.0849. The van der Waals surface area contributed by atoms with E-state index < -0.39 is 0 Å². The van der Waals surface area contributed by atoms with E-state index in [9.17, 15) is 10.1 Å². The Hall–Kier alpha value is -3.19. The molecule has 3 aromatic rings. The molecule has 0 bridgehead atoms. The second kappa shape index (κ2) is 6.97. The summed E-state index contributed by atoms with van der Waals surface area (Å²) in [6, 6.07) is 13.2. The van der Waals surface area contributed by atoms with Gasteiger partial charge in [0.1, 0.15) is 0 Å². The Bertz CT molecular complexity index is 974. The van der Waals surface area contributed by atoms with Crippen LogP contribution in [0.15, 0.2) is 48.7 Å². The van der Waals surface area contributed by atoms with Crippen LogP contribution in [0.2, 0.25) is 0 Å². The molecule has 132 valence electrons. The Balaban J connectivity index is 1.66. The van der Waals surface area contributed by atoms with Crippen LogP contribution in [0.3, 0.4) is 0 Å². The molecule has 26 heavy (non-hydrogen) atoms. The lowest BCUT2D eigenvalue weighted by Gasteiger charge is -2.28. The number of ether oxygens (including phenoxy) is 1. The zero-order valence-electron chi connectivity index (χ0n) is 14.1. The molecule has 2 heterocycles. The number of hydrogen-bond acceptors (Lipinski definition) is 5. The maximum atomic E-state index is 11.5. The highest BCUT2D eigenvalue weighted by atomic mass is 16.6. The van der Waals surface area contributed by atoms with Gasteiger partial charge in [-0.05, 0) is 24.3 Å². The predicted octanol–water partition coefficient (Wildman–Crippen LogP) is 3.41. The minimum Gasteiger partial charge on any atom is -0.378 e. The van der Waals surface area contributed by atoms with E-state index in [0.717, 1.165) is 29.7 Å². The lowest BCUT2D eigenvalue weighted by molar-refractivity contribution is -0.385. The average molecular weight is 350 g/mol. The Morgan fingerprint density at radius 3 is 2.77 bits per heavy atom. The molecule has 0 radical (unpaired) electrons. The van der Waals surface area contributed by atoms with Crippen LogP contribution in [0.4, 0.5) is 11.4 Å². The molecule has 1 fully saturated rings. The van der Waals surface area contributed by atoms with Gasteiger partial charge >= 0.3 is 0 Å². The summed E-state index contributed by atoms with van der Waals surface area (Å²) in [4.78, 5) is 13.3. The molecule has 0 saturated carbocycles. The zero-order valence-corrected chi connectivity index (χ0v) is 14.1. The number of nitro groups is 1. The van der Waals surface area contributed by atoms with Crippen LogP contribution in [0.1, 0.15) is 5.56 Å². The van der Waals surface area contributed by atoms with Gasteiger partial charge in [0.05, 0.1) is 35.4 Å². The van der Waals surface area contributed by atoms with Crippen molar-refractivity contribution in [3.63, 3.8) is 0 Å². The molecule has 0 aliphatic carbocycles. The van der Waals surface area contributed by atoms with Crippen LogP contribution < -0.4 is 4.90 Å². The number of morpholine rings is 1. The van der Waals surface area contributed by atoms with Gasteiger partial charge in [0.25, 0.3) is 5.69 Å². The molecule has 1 saturated heterocycles. The van der Waals surface area contributed by atoms with Crippen molar-refractivity contribution in [1.82, 2.24) is 9.78 Å². The zero-order chi connectivity index (χ0) is 17.9. The van der Waals surface area contributed by atoms with Gasteiger partial charge in [-0.3, -0.25) is 10.1 Å². The second-order valence-electron chi connectivity index (χ2n) is 6.06. The molecule has 4 rings (SSSR count). The number of benzene rings is 2. The molecule has 1 aliphatic heterocycles. The lowest BCUT2D eigenvalue weighted by atomic mass is 10.1. The number of nitrogens with zero attached hydrogens (tertiary/aromatic N) is 4. The first-order valence-electron chi connectivity index (χ1n) is 8.44. The van der Waals surface area contributed by atoms with Crippen LogP contribution in [0.5, 0.6) is 0 Å². The maximum absolute atomic E-state index is 11.5. The fourth-order valence-corrected chi connectivity index (χ4v) is 3.11. The van der Waals surface area contributed by atoms with E-state index in [1.807, 2.05) is 30.3 Å². The van der Waals surface area contributed by atoms with E-state index in [2.05, 4.69) is 10.00 Å². The molecule has 7 nitrogen and oxygen atoms in total. The molecule has 0 unspecified atom stereocenters. The topological polar surface area (TPSA) is 73.4 Å². The molecule has 2 aromatic carbocycles. The number of hydrogen-bond donors (Lipinski definition) is 0. The van der Waals surface area contributed by atoms with E-state index in [1.165, 1.54) is 0 Å². The van der Waals surface area contributed by atoms with Crippen molar-refractivity contribution in [2.75, 3.05) is 31.2 Å². The Morgan fingerprint density at radius 2 is 1.96 bits per heavy atom. The van der Waals surface area contributed by atoms with E-state index in [-0.39, 0.29) is 10.6 Å². The molecule has 1 aromatic heterocycles. The van der Waals surface area contributed by atoms with Gasteiger partial charge in [0.15, 0.2) is 0 Å². The smallest absolute Gasteiger partial charge is 0.278 e. The van der Waals surface area contributed by atoms with E-state index >= 15 is 0 Å². The van der Waals surface area contributed by atoms with Crippen LogP contribution in [-0.4, -0.2) is 41.0 Å². The molecule has 7 heteroatoms. The highest BCUT2D eigenvalue weighted by Crippen LogP contribution is 2.27. The predicted molar refractivity (Wildman–Crippen MR) is 101 cm³/mol. The van der Waals surface area contributed by atoms with Crippen molar-refractivity contribution in [3.8, 4) is 0 Å². The summed E-state index contributed by atoms with van der Waals surface area (Å²) in [6.45, 7) is 2.76. The van der Waals surface area contributed by atoms with Gasteiger partial charge < -0.3 is 9.64 Å². The van der Waals surface area contributed by atoms with Crippen molar-refractivity contribution in [2.45, 2.75) is 0 Å². The first kappa shape index (κ1) is 16.3. The average Bonchev–Trinajstić information content (AvgIpc) is 3.10. The normalized spacial score (nSPS) is 15.0. The molecule has 0 N–H and O–H groups in total. The summed E-state index contributed by atoms with van der Waals surface area (Å²) in [6.07, 6.45) is 5.25. The van der Waals surface area contributed by atoms with Crippen LogP contribution in [0.25, 0.3) is 23.2 Å². The SMILES string of the molecule is O=[N+]([O-])c1cc(N2CCOCC2)ccc1C=Cn1ncc2ccccc21. The van der Waals surface area contributed by atoms with Crippen molar-refractivity contribution in [1.29, 1.82) is 0 Å². The monoisotopic (exact) mass is 350 g/mol. The highest BCUT2D eigenvalue weighted by molar-refractivity contribution is 5.82. The molecule has 1 aliphatic rings. The maximum Gasteiger partial charge on any atom is 0.278 e. The van der Waals surface area contributed by atoms with Gasteiger partial charge in [-0.25, -0.2) is 4.68 Å². The number of para-hydroxylation sites is 1. The third-order valence-electron chi connectivity index (χ3n) is 4.49. The number of fused-ring (bicyclic) bond motifs is 1. The van der Waals surface area contributed by atoms with Crippen LogP contribution >= 0.6 is 0 Å². The number of aromatic nitrogens is 2. The van der Waals surface area contributed by atoms with Gasteiger partial charge in [0.2, 0.25) is 0 Å². The van der Waals surface area contributed by atoms with E-state index in [4.69, 9.17) is 4.74 Å². The Labute approximate surface area is 150 Å². The third-order valence-corrected chi connectivity index (χ3v) is 4.49. The fraction of sp³-hybridized carbons (Fsp3) is 0.211.